The highest BCUT2D eigenvalue weighted by Crippen LogP contribution is 2.29. The molecule has 0 aliphatic heterocycles. The fraction of sp³-hybridized carbons (Fsp3) is 0.429. The van der Waals surface area contributed by atoms with Gasteiger partial charge in [0.05, 0.1) is 12.0 Å². The summed E-state index contributed by atoms with van der Waals surface area (Å²) in [4.78, 5) is 22.6. The van der Waals surface area contributed by atoms with Gasteiger partial charge in [-0.2, -0.15) is 13.2 Å². The van der Waals surface area contributed by atoms with Gasteiger partial charge in [0, 0.05) is 0 Å². The van der Waals surface area contributed by atoms with Crippen LogP contribution in [0.5, 0.6) is 0 Å². The average Bonchev–Trinajstić information content (AvgIpc) is 2.37. The molecule has 0 saturated carbocycles. The number of hydrogen-bond donors (Lipinski definition) is 2. The second-order valence-electron chi connectivity index (χ2n) is 4.62. The molecule has 0 spiro atoms. The number of nitrogens with one attached hydrogen (secondary N) is 1. The molecule has 1 aromatic carbocycles. The van der Waals surface area contributed by atoms with E-state index in [2.05, 4.69) is 5.32 Å². The predicted molar refractivity (Wildman–Crippen MR) is 69.6 cm³/mol. The third-order valence-corrected chi connectivity index (χ3v) is 2.86. The van der Waals surface area contributed by atoms with Crippen molar-refractivity contribution in [2.45, 2.75) is 38.4 Å². The number of alkyl halides is 3. The van der Waals surface area contributed by atoms with Crippen LogP contribution in [-0.2, 0) is 22.2 Å². The summed E-state index contributed by atoms with van der Waals surface area (Å²) in [6.07, 6.45) is -3.69. The summed E-state index contributed by atoms with van der Waals surface area (Å²) >= 11 is 0. The lowest BCUT2D eigenvalue weighted by molar-refractivity contribution is -0.142. The van der Waals surface area contributed by atoms with E-state index in [-0.39, 0.29) is 6.42 Å². The number of halogens is 3. The van der Waals surface area contributed by atoms with E-state index in [1.165, 1.54) is 12.1 Å². The van der Waals surface area contributed by atoms with Gasteiger partial charge < -0.3 is 10.4 Å². The summed E-state index contributed by atoms with van der Waals surface area (Å²) in [7, 11) is 0. The van der Waals surface area contributed by atoms with Crippen molar-refractivity contribution in [1.82, 2.24) is 5.32 Å². The topological polar surface area (TPSA) is 66.4 Å². The second kappa shape index (κ2) is 7.10. The Morgan fingerprint density at radius 2 is 1.81 bits per heavy atom. The van der Waals surface area contributed by atoms with E-state index in [9.17, 15) is 22.8 Å². The van der Waals surface area contributed by atoms with Gasteiger partial charge in [-0.3, -0.25) is 4.79 Å². The molecule has 7 heteroatoms. The van der Waals surface area contributed by atoms with E-state index in [1.54, 1.807) is 6.92 Å². The molecular formula is C14H16F3NO3. The average molecular weight is 303 g/mol. The Balaban J connectivity index is 2.64. The molecule has 1 amide bonds. The first-order valence-electron chi connectivity index (χ1n) is 6.42. The smallest absolute Gasteiger partial charge is 0.416 e. The molecular weight excluding hydrogens is 287 g/mol. The first-order valence-corrected chi connectivity index (χ1v) is 6.42. The minimum atomic E-state index is -4.42. The van der Waals surface area contributed by atoms with Gasteiger partial charge in [-0.05, 0) is 24.1 Å². The van der Waals surface area contributed by atoms with Crippen molar-refractivity contribution in [2.75, 3.05) is 0 Å². The van der Waals surface area contributed by atoms with E-state index in [4.69, 9.17) is 5.11 Å². The number of carbonyl (C=O) groups is 2. The summed E-state index contributed by atoms with van der Waals surface area (Å²) < 4.78 is 37.1. The Kier molecular flexibility index (Phi) is 5.75. The van der Waals surface area contributed by atoms with E-state index in [1.807, 2.05) is 0 Å². The lowest BCUT2D eigenvalue weighted by Gasteiger charge is -2.13. The predicted octanol–water partition coefficient (Wildman–Crippen LogP) is 2.62. The number of carboxylic acids is 1. The molecule has 0 saturated heterocycles. The normalized spacial score (nSPS) is 12.8. The van der Waals surface area contributed by atoms with E-state index >= 15 is 0 Å². The maximum atomic E-state index is 12.4. The minimum Gasteiger partial charge on any atom is -0.480 e. The van der Waals surface area contributed by atoms with Crippen molar-refractivity contribution in [1.29, 1.82) is 0 Å². The SMILES string of the molecule is CCC[C@@H](NC(=O)Cc1ccc(C(F)(F)F)cc1)C(=O)O. The van der Waals surface area contributed by atoms with Crippen molar-refractivity contribution in [3.8, 4) is 0 Å². The molecule has 0 aromatic heterocycles. The van der Waals surface area contributed by atoms with Crippen LogP contribution in [0.1, 0.15) is 30.9 Å². The molecule has 0 bridgehead atoms. The van der Waals surface area contributed by atoms with Crippen molar-refractivity contribution in [3.63, 3.8) is 0 Å². The number of hydrogen-bond acceptors (Lipinski definition) is 2. The number of benzene rings is 1. The van der Waals surface area contributed by atoms with E-state index in [0.717, 1.165) is 12.1 Å². The molecule has 0 fully saturated rings. The largest absolute Gasteiger partial charge is 0.480 e. The van der Waals surface area contributed by atoms with Crippen LogP contribution in [-0.4, -0.2) is 23.0 Å². The summed E-state index contributed by atoms with van der Waals surface area (Å²) in [5, 5.41) is 11.3. The van der Waals surface area contributed by atoms with Crippen LogP contribution < -0.4 is 5.32 Å². The zero-order valence-corrected chi connectivity index (χ0v) is 11.4. The molecule has 0 unspecified atom stereocenters. The highest BCUT2D eigenvalue weighted by molar-refractivity contribution is 5.84. The summed E-state index contributed by atoms with van der Waals surface area (Å²) in [6, 6.07) is 3.22. The van der Waals surface area contributed by atoms with Crippen LogP contribution in [0.2, 0.25) is 0 Å². The summed E-state index contributed by atoms with van der Waals surface area (Å²) in [6.45, 7) is 1.79. The van der Waals surface area contributed by atoms with Crippen LogP contribution >= 0.6 is 0 Å². The molecule has 21 heavy (non-hydrogen) atoms. The van der Waals surface area contributed by atoms with Gasteiger partial charge in [0.25, 0.3) is 0 Å². The third-order valence-electron chi connectivity index (χ3n) is 2.86. The number of carboxylic acid groups (broad SMARTS) is 1. The molecule has 0 heterocycles. The molecule has 0 aliphatic carbocycles. The Bertz CT molecular complexity index is 497. The Morgan fingerprint density at radius 3 is 2.24 bits per heavy atom. The van der Waals surface area contributed by atoms with Gasteiger partial charge in [0.1, 0.15) is 6.04 Å². The minimum absolute atomic E-state index is 0.161. The third kappa shape index (κ3) is 5.45. The fourth-order valence-corrected chi connectivity index (χ4v) is 1.79. The molecule has 2 N–H and O–H groups in total. The van der Waals surface area contributed by atoms with Gasteiger partial charge in [0.15, 0.2) is 0 Å². The van der Waals surface area contributed by atoms with Crippen molar-refractivity contribution < 1.29 is 27.9 Å². The second-order valence-corrected chi connectivity index (χ2v) is 4.62. The maximum Gasteiger partial charge on any atom is 0.416 e. The lowest BCUT2D eigenvalue weighted by atomic mass is 10.1. The molecule has 4 nitrogen and oxygen atoms in total. The van der Waals surface area contributed by atoms with Crippen molar-refractivity contribution in [2.24, 2.45) is 0 Å². The Hall–Kier alpha value is -2.05. The molecule has 1 rings (SSSR count). The first kappa shape index (κ1) is 17.0. The monoisotopic (exact) mass is 303 g/mol. The lowest BCUT2D eigenvalue weighted by Crippen LogP contribution is -2.41. The van der Waals surface area contributed by atoms with Crippen LogP contribution in [0.15, 0.2) is 24.3 Å². The number of carbonyl (C=O) groups excluding carboxylic acids is 1. The highest BCUT2D eigenvalue weighted by Gasteiger charge is 2.30. The van der Waals surface area contributed by atoms with Gasteiger partial charge in [-0.25, -0.2) is 4.79 Å². The zero-order chi connectivity index (χ0) is 16.0. The molecule has 1 atom stereocenters. The molecule has 1 aromatic rings. The van der Waals surface area contributed by atoms with Crippen molar-refractivity contribution in [3.05, 3.63) is 35.4 Å². The quantitative estimate of drug-likeness (QED) is 0.849. The van der Waals surface area contributed by atoms with Gasteiger partial charge in [-0.1, -0.05) is 25.5 Å². The maximum absolute atomic E-state index is 12.4. The Morgan fingerprint density at radius 1 is 1.24 bits per heavy atom. The van der Waals surface area contributed by atoms with Crippen LogP contribution in [0.4, 0.5) is 13.2 Å². The fourth-order valence-electron chi connectivity index (χ4n) is 1.79. The standard InChI is InChI=1S/C14H16F3NO3/c1-2-3-11(13(20)21)18-12(19)8-9-4-6-10(7-5-9)14(15,16)17/h4-7,11H,2-3,8H2,1H3,(H,18,19)(H,20,21)/t11-/m1/s1. The number of rotatable bonds is 6. The van der Waals surface area contributed by atoms with Gasteiger partial charge >= 0.3 is 12.1 Å². The van der Waals surface area contributed by atoms with Crippen LogP contribution in [0, 0.1) is 0 Å². The van der Waals surface area contributed by atoms with Gasteiger partial charge in [0.2, 0.25) is 5.91 Å². The molecule has 0 radical (unpaired) electrons. The highest BCUT2D eigenvalue weighted by atomic mass is 19.4. The number of amides is 1. The van der Waals surface area contributed by atoms with Gasteiger partial charge in [-0.15, -0.1) is 0 Å². The van der Waals surface area contributed by atoms with E-state index < -0.39 is 29.7 Å². The number of aliphatic carboxylic acids is 1. The molecule has 0 aliphatic rings. The van der Waals surface area contributed by atoms with E-state index in [0.29, 0.717) is 18.4 Å². The van der Waals surface area contributed by atoms with Crippen molar-refractivity contribution >= 4 is 11.9 Å². The molecule has 116 valence electrons. The summed E-state index contributed by atoms with van der Waals surface area (Å²) in [5.74, 6) is -1.66. The summed E-state index contributed by atoms with van der Waals surface area (Å²) in [5.41, 5.74) is -0.401. The zero-order valence-electron chi connectivity index (χ0n) is 11.4. The van der Waals surface area contributed by atoms with Crippen LogP contribution in [0.25, 0.3) is 0 Å². The van der Waals surface area contributed by atoms with Crippen LogP contribution in [0.3, 0.4) is 0 Å². The first-order chi connectivity index (χ1) is 9.74. The Labute approximate surface area is 120 Å².